The Balaban J connectivity index is 1.42. The molecule has 31 heavy (non-hydrogen) atoms. The first kappa shape index (κ1) is 20.5. The third-order valence-electron chi connectivity index (χ3n) is 4.95. The monoisotopic (exact) mass is 415 g/mol. The van der Waals surface area contributed by atoms with E-state index >= 15 is 0 Å². The largest absolute Gasteiger partial charge is 0.362 e. The summed E-state index contributed by atoms with van der Waals surface area (Å²) in [4.78, 5) is 25.7. The first-order valence-corrected chi connectivity index (χ1v) is 10.3. The Hall–Kier alpha value is -3.81. The van der Waals surface area contributed by atoms with Crippen LogP contribution in [0.5, 0.6) is 0 Å². The second-order valence-electron chi connectivity index (χ2n) is 7.49. The molecule has 0 saturated heterocycles. The normalized spacial score (nSPS) is 12.0. The lowest BCUT2D eigenvalue weighted by atomic mass is 10.1. The Morgan fingerprint density at radius 1 is 1.16 bits per heavy atom. The number of nitrogens with zero attached hydrogens (tertiary/aromatic N) is 5. The molecule has 4 rings (SSSR count). The number of hydrogen-bond donors (Lipinski definition) is 2. The molecule has 0 aliphatic carbocycles. The fraction of sp³-hybridized carbons (Fsp3) is 0.261. The second kappa shape index (κ2) is 8.91. The SMILES string of the molecule is CCn1cc2ncc(N[C@@H](C)c3cccc(NC(=O)Cc4ccc(C)cn4)c3)nc2n1. The molecule has 1 atom stereocenters. The van der Waals surface area contributed by atoms with E-state index in [-0.39, 0.29) is 18.4 Å². The smallest absolute Gasteiger partial charge is 0.230 e. The zero-order valence-corrected chi connectivity index (χ0v) is 17.8. The number of amides is 1. The number of anilines is 2. The molecule has 0 saturated carbocycles. The van der Waals surface area contributed by atoms with Gasteiger partial charge in [-0.05, 0) is 50.1 Å². The highest BCUT2D eigenvalue weighted by Crippen LogP contribution is 2.22. The number of aryl methyl sites for hydroxylation is 2. The van der Waals surface area contributed by atoms with Gasteiger partial charge in [0.2, 0.25) is 11.6 Å². The number of nitrogens with one attached hydrogen (secondary N) is 2. The van der Waals surface area contributed by atoms with E-state index in [0.29, 0.717) is 11.5 Å². The summed E-state index contributed by atoms with van der Waals surface area (Å²) in [5.74, 6) is 0.554. The van der Waals surface area contributed by atoms with E-state index in [1.165, 1.54) is 0 Å². The van der Waals surface area contributed by atoms with Crippen LogP contribution in [0, 0.1) is 6.92 Å². The second-order valence-corrected chi connectivity index (χ2v) is 7.49. The van der Waals surface area contributed by atoms with Crippen molar-refractivity contribution in [1.82, 2.24) is 24.7 Å². The Labute approximate surface area is 180 Å². The predicted octanol–water partition coefficient (Wildman–Crippen LogP) is 3.90. The highest BCUT2D eigenvalue weighted by Gasteiger charge is 2.11. The Morgan fingerprint density at radius 2 is 2.03 bits per heavy atom. The molecule has 158 valence electrons. The van der Waals surface area contributed by atoms with Gasteiger partial charge in [0.05, 0.1) is 24.9 Å². The molecule has 4 aromatic rings. The van der Waals surface area contributed by atoms with E-state index in [0.717, 1.165) is 34.6 Å². The summed E-state index contributed by atoms with van der Waals surface area (Å²) >= 11 is 0. The first-order valence-electron chi connectivity index (χ1n) is 10.3. The lowest BCUT2D eigenvalue weighted by molar-refractivity contribution is -0.115. The van der Waals surface area contributed by atoms with Gasteiger partial charge in [0.1, 0.15) is 11.3 Å². The number of carbonyl (C=O) groups is 1. The van der Waals surface area contributed by atoms with Crippen LogP contribution in [0.2, 0.25) is 0 Å². The van der Waals surface area contributed by atoms with Crippen molar-refractivity contribution in [2.45, 2.75) is 39.8 Å². The van der Waals surface area contributed by atoms with Crippen LogP contribution < -0.4 is 10.6 Å². The van der Waals surface area contributed by atoms with E-state index in [2.05, 4.69) is 30.7 Å². The van der Waals surface area contributed by atoms with Gasteiger partial charge in [-0.3, -0.25) is 14.5 Å². The number of carbonyl (C=O) groups excluding carboxylic acids is 1. The molecular weight excluding hydrogens is 390 g/mol. The maximum atomic E-state index is 12.4. The average molecular weight is 416 g/mol. The molecule has 3 heterocycles. The molecule has 1 aromatic carbocycles. The van der Waals surface area contributed by atoms with Gasteiger partial charge in [0.25, 0.3) is 0 Å². The van der Waals surface area contributed by atoms with Gasteiger partial charge in [-0.2, -0.15) is 5.10 Å². The van der Waals surface area contributed by atoms with Crippen molar-refractivity contribution >= 4 is 28.6 Å². The molecule has 0 spiro atoms. The molecule has 8 nitrogen and oxygen atoms in total. The zero-order chi connectivity index (χ0) is 21.8. The Morgan fingerprint density at radius 3 is 2.81 bits per heavy atom. The zero-order valence-electron chi connectivity index (χ0n) is 17.8. The van der Waals surface area contributed by atoms with Crippen LogP contribution >= 0.6 is 0 Å². The third kappa shape index (κ3) is 5.03. The van der Waals surface area contributed by atoms with Crippen molar-refractivity contribution < 1.29 is 4.79 Å². The first-order chi connectivity index (χ1) is 15.0. The van der Waals surface area contributed by atoms with Crippen LogP contribution in [0.25, 0.3) is 11.2 Å². The number of benzene rings is 1. The molecule has 1 amide bonds. The van der Waals surface area contributed by atoms with Crippen molar-refractivity contribution in [2.24, 2.45) is 0 Å². The number of rotatable bonds is 7. The molecule has 8 heteroatoms. The number of fused-ring (bicyclic) bond motifs is 1. The summed E-state index contributed by atoms with van der Waals surface area (Å²) in [5.41, 5.74) is 4.96. The molecule has 0 fully saturated rings. The highest BCUT2D eigenvalue weighted by molar-refractivity contribution is 5.92. The lowest BCUT2D eigenvalue weighted by Crippen LogP contribution is -2.15. The summed E-state index contributed by atoms with van der Waals surface area (Å²) in [7, 11) is 0. The fourth-order valence-electron chi connectivity index (χ4n) is 3.24. The highest BCUT2D eigenvalue weighted by atomic mass is 16.1. The quantitative estimate of drug-likeness (QED) is 0.475. The van der Waals surface area contributed by atoms with E-state index in [1.807, 2.05) is 68.0 Å². The van der Waals surface area contributed by atoms with Crippen LogP contribution in [0.15, 0.2) is 55.0 Å². The van der Waals surface area contributed by atoms with Crippen LogP contribution in [0.4, 0.5) is 11.5 Å². The molecule has 0 unspecified atom stereocenters. The topological polar surface area (TPSA) is 97.6 Å². The van der Waals surface area contributed by atoms with Crippen molar-refractivity contribution in [3.63, 3.8) is 0 Å². The van der Waals surface area contributed by atoms with Crippen molar-refractivity contribution in [3.8, 4) is 0 Å². The van der Waals surface area contributed by atoms with Crippen molar-refractivity contribution in [2.75, 3.05) is 10.6 Å². The van der Waals surface area contributed by atoms with Gasteiger partial charge in [-0.1, -0.05) is 18.2 Å². The number of aromatic nitrogens is 5. The third-order valence-corrected chi connectivity index (χ3v) is 4.95. The molecule has 0 aliphatic heterocycles. The summed E-state index contributed by atoms with van der Waals surface area (Å²) in [6.07, 6.45) is 5.59. The number of pyridine rings is 1. The molecular formula is C23H25N7O. The minimum absolute atomic E-state index is 0.0318. The fourth-order valence-corrected chi connectivity index (χ4v) is 3.24. The van der Waals surface area contributed by atoms with Gasteiger partial charge < -0.3 is 10.6 Å². The molecule has 0 radical (unpaired) electrons. The van der Waals surface area contributed by atoms with Crippen LogP contribution in [-0.2, 0) is 17.8 Å². The van der Waals surface area contributed by atoms with Crippen molar-refractivity contribution in [3.05, 3.63) is 71.8 Å². The van der Waals surface area contributed by atoms with Gasteiger partial charge in [-0.15, -0.1) is 0 Å². The molecule has 2 N–H and O–H groups in total. The van der Waals surface area contributed by atoms with Gasteiger partial charge >= 0.3 is 0 Å². The Kier molecular flexibility index (Phi) is 5.88. The minimum Gasteiger partial charge on any atom is -0.362 e. The van der Waals surface area contributed by atoms with Crippen LogP contribution in [0.1, 0.15) is 36.7 Å². The van der Waals surface area contributed by atoms with Gasteiger partial charge in [0.15, 0.2) is 0 Å². The molecule has 0 bridgehead atoms. The summed E-state index contributed by atoms with van der Waals surface area (Å²) < 4.78 is 1.82. The van der Waals surface area contributed by atoms with Gasteiger partial charge in [-0.25, -0.2) is 9.97 Å². The van der Waals surface area contributed by atoms with Gasteiger partial charge in [0, 0.05) is 24.1 Å². The van der Waals surface area contributed by atoms with Crippen LogP contribution in [-0.4, -0.2) is 30.6 Å². The van der Waals surface area contributed by atoms with E-state index in [1.54, 1.807) is 12.4 Å². The van der Waals surface area contributed by atoms with Crippen LogP contribution in [0.3, 0.4) is 0 Å². The Bertz CT molecular complexity index is 1200. The predicted molar refractivity (Wildman–Crippen MR) is 121 cm³/mol. The molecule has 3 aromatic heterocycles. The minimum atomic E-state index is -0.100. The number of hydrogen-bond acceptors (Lipinski definition) is 6. The van der Waals surface area contributed by atoms with E-state index in [9.17, 15) is 4.79 Å². The van der Waals surface area contributed by atoms with E-state index < -0.39 is 0 Å². The molecule has 0 aliphatic rings. The average Bonchev–Trinajstić information content (AvgIpc) is 3.18. The lowest BCUT2D eigenvalue weighted by Gasteiger charge is -2.16. The van der Waals surface area contributed by atoms with Crippen molar-refractivity contribution in [1.29, 1.82) is 0 Å². The summed E-state index contributed by atoms with van der Waals surface area (Å²) in [5, 5.41) is 10.7. The maximum Gasteiger partial charge on any atom is 0.230 e. The maximum absolute atomic E-state index is 12.4. The standard InChI is InChI=1S/C23H25N7O/c1-4-30-14-20-23(29-30)28-21(13-25-20)26-16(3)17-6-5-7-19(10-17)27-22(31)11-18-9-8-15(2)12-24-18/h5-10,12-14,16H,4,11H2,1-3H3,(H,27,31)(H,26,28,29)/t16-/m0/s1. The summed E-state index contributed by atoms with van der Waals surface area (Å²) in [6.45, 7) is 6.80. The van der Waals surface area contributed by atoms with E-state index in [4.69, 9.17) is 0 Å². The summed E-state index contributed by atoms with van der Waals surface area (Å²) in [6, 6.07) is 11.6.